The summed E-state index contributed by atoms with van der Waals surface area (Å²) in [4.78, 5) is 47.0. The Morgan fingerprint density at radius 2 is 1.25 bits per heavy atom. The monoisotopic (exact) mass is 458 g/mol. The number of ether oxygens (including phenoxy) is 4. The molecule has 10 nitrogen and oxygen atoms in total. The van der Waals surface area contributed by atoms with Gasteiger partial charge in [-0.25, -0.2) is 9.59 Å². The second-order valence-electron chi connectivity index (χ2n) is 8.33. The lowest BCUT2D eigenvalue weighted by Crippen LogP contribution is -2.33. The van der Waals surface area contributed by atoms with E-state index < -0.39 is 48.1 Å². The fourth-order valence-electron chi connectivity index (χ4n) is 2.06. The van der Waals surface area contributed by atoms with E-state index in [1.165, 1.54) is 20.8 Å². The Bertz CT molecular complexity index is 708. The largest absolute Gasteiger partial charge is 0.463 e. The van der Waals surface area contributed by atoms with Crippen LogP contribution < -0.4 is 0 Å². The van der Waals surface area contributed by atoms with Crippen LogP contribution in [-0.2, 0) is 38.1 Å². The molecule has 0 bridgehead atoms. The van der Waals surface area contributed by atoms with Crippen molar-refractivity contribution in [2.45, 2.75) is 53.2 Å². The normalized spacial score (nSPS) is 13.0. The highest BCUT2D eigenvalue weighted by Crippen LogP contribution is 2.27. The Morgan fingerprint density at radius 1 is 0.812 bits per heavy atom. The van der Waals surface area contributed by atoms with Crippen LogP contribution in [0.1, 0.15) is 41.0 Å². The number of carbonyl (C=O) groups excluding carboxylic acids is 4. The van der Waals surface area contributed by atoms with Crippen LogP contribution in [-0.4, -0.2) is 72.7 Å². The first-order valence-electron chi connectivity index (χ1n) is 10.0. The molecule has 2 atom stereocenters. The third-order valence-corrected chi connectivity index (χ3v) is 3.95. The molecule has 0 aromatic rings. The van der Waals surface area contributed by atoms with E-state index >= 15 is 0 Å². The minimum atomic E-state index is -1.24. The van der Waals surface area contributed by atoms with Gasteiger partial charge >= 0.3 is 23.9 Å². The zero-order valence-electron chi connectivity index (χ0n) is 19.3. The minimum absolute atomic E-state index is 0.0375. The molecule has 0 heterocycles. The topological polar surface area (TPSA) is 146 Å². The van der Waals surface area contributed by atoms with Gasteiger partial charge in [0.05, 0.1) is 11.3 Å². The van der Waals surface area contributed by atoms with Gasteiger partial charge < -0.3 is 29.2 Å². The van der Waals surface area contributed by atoms with E-state index in [4.69, 9.17) is 18.9 Å². The summed E-state index contributed by atoms with van der Waals surface area (Å²) >= 11 is 0. The Kier molecular flexibility index (Phi) is 12.5. The molecular weight excluding hydrogens is 424 g/mol. The Labute approximate surface area is 188 Å². The van der Waals surface area contributed by atoms with Gasteiger partial charge in [-0.2, -0.15) is 0 Å². The second-order valence-corrected chi connectivity index (χ2v) is 8.33. The molecule has 0 amide bonds. The molecule has 2 unspecified atom stereocenters. The average molecular weight is 459 g/mol. The molecule has 0 saturated heterocycles. The number of esters is 4. The maximum atomic E-state index is 12.3. The van der Waals surface area contributed by atoms with Crippen LogP contribution in [0.4, 0.5) is 0 Å². The van der Waals surface area contributed by atoms with Crippen molar-refractivity contribution >= 4 is 23.9 Å². The van der Waals surface area contributed by atoms with Crippen LogP contribution >= 0.6 is 0 Å². The van der Waals surface area contributed by atoms with E-state index in [0.29, 0.717) is 0 Å². The van der Waals surface area contributed by atoms with Crippen molar-refractivity contribution < 1.29 is 48.3 Å². The number of carbonyl (C=O) groups is 4. The van der Waals surface area contributed by atoms with Gasteiger partial charge in [-0.1, -0.05) is 27.0 Å². The smallest absolute Gasteiger partial charge is 0.333 e. The van der Waals surface area contributed by atoms with Crippen molar-refractivity contribution in [2.75, 3.05) is 26.4 Å². The van der Waals surface area contributed by atoms with Gasteiger partial charge in [0.2, 0.25) is 0 Å². The summed E-state index contributed by atoms with van der Waals surface area (Å²) in [5.74, 6) is -3.04. The zero-order chi connectivity index (χ0) is 25.1. The van der Waals surface area contributed by atoms with Gasteiger partial charge in [0.15, 0.2) is 0 Å². The highest BCUT2D eigenvalue weighted by atomic mass is 16.6. The number of aliphatic hydroxyl groups is 2. The van der Waals surface area contributed by atoms with E-state index in [1.807, 2.05) is 0 Å². The van der Waals surface area contributed by atoms with E-state index in [1.54, 1.807) is 13.8 Å². The predicted octanol–water partition coefficient (Wildman–Crippen LogP) is 1.09. The van der Waals surface area contributed by atoms with Crippen molar-refractivity contribution in [2.24, 2.45) is 11.3 Å². The molecule has 0 saturated carbocycles. The molecule has 182 valence electrons. The maximum Gasteiger partial charge on any atom is 0.333 e. The van der Waals surface area contributed by atoms with Gasteiger partial charge in [0.25, 0.3) is 0 Å². The molecule has 0 fully saturated rings. The SMILES string of the molecule is C=C(C)C(=O)OCC(O)COC(=O)C(=C)CC(C)(C)C(=O)OCC(O)COC(=O)C(C)C. The van der Waals surface area contributed by atoms with Gasteiger partial charge in [0.1, 0.15) is 38.6 Å². The summed E-state index contributed by atoms with van der Waals surface area (Å²) in [5, 5.41) is 19.5. The number of hydrogen-bond donors (Lipinski definition) is 2. The third-order valence-electron chi connectivity index (χ3n) is 3.95. The van der Waals surface area contributed by atoms with Crippen LogP contribution in [0.3, 0.4) is 0 Å². The molecule has 32 heavy (non-hydrogen) atoms. The highest BCUT2D eigenvalue weighted by molar-refractivity contribution is 5.89. The molecule has 0 aliphatic carbocycles. The first-order chi connectivity index (χ1) is 14.7. The molecular formula is C22H34O10. The van der Waals surface area contributed by atoms with Crippen LogP contribution in [0.25, 0.3) is 0 Å². The fourth-order valence-corrected chi connectivity index (χ4v) is 2.06. The van der Waals surface area contributed by atoms with E-state index in [2.05, 4.69) is 13.2 Å². The quantitative estimate of drug-likeness (QED) is 0.220. The lowest BCUT2D eigenvalue weighted by molar-refractivity contribution is -0.160. The Balaban J connectivity index is 4.43. The molecule has 0 aliphatic heterocycles. The predicted molar refractivity (Wildman–Crippen MR) is 113 cm³/mol. The van der Waals surface area contributed by atoms with Gasteiger partial charge in [-0.3, -0.25) is 9.59 Å². The zero-order valence-corrected chi connectivity index (χ0v) is 19.3. The Morgan fingerprint density at radius 3 is 1.72 bits per heavy atom. The standard InChI is InChI=1S/C22H34O10/c1-13(2)18(25)29-9-16(23)11-31-20(27)15(5)8-22(6,7)21(28)32-12-17(24)10-30-19(26)14(3)4/h14,16-17,23-24H,1,5,8-12H2,2-4,6-7H3. The van der Waals surface area contributed by atoms with Crippen molar-refractivity contribution in [3.05, 3.63) is 24.3 Å². The van der Waals surface area contributed by atoms with Crippen molar-refractivity contribution in [3.63, 3.8) is 0 Å². The fraction of sp³-hybridized carbons (Fsp3) is 0.636. The third kappa shape index (κ3) is 11.6. The number of rotatable bonds is 14. The summed E-state index contributed by atoms with van der Waals surface area (Å²) in [6, 6.07) is 0. The molecule has 0 aromatic heterocycles. The van der Waals surface area contributed by atoms with E-state index in [0.717, 1.165) is 0 Å². The maximum absolute atomic E-state index is 12.3. The molecule has 0 rings (SSSR count). The first kappa shape index (κ1) is 29.3. The van der Waals surface area contributed by atoms with Crippen molar-refractivity contribution in [3.8, 4) is 0 Å². The minimum Gasteiger partial charge on any atom is -0.463 e. The van der Waals surface area contributed by atoms with Crippen LogP contribution in [0.15, 0.2) is 24.3 Å². The van der Waals surface area contributed by atoms with Crippen LogP contribution in [0.2, 0.25) is 0 Å². The number of aliphatic hydroxyl groups excluding tert-OH is 2. The molecule has 0 aromatic carbocycles. The van der Waals surface area contributed by atoms with Gasteiger partial charge in [-0.15, -0.1) is 0 Å². The number of hydrogen-bond acceptors (Lipinski definition) is 10. The molecule has 0 aliphatic rings. The lowest BCUT2D eigenvalue weighted by Gasteiger charge is -2.24. The van der Waals surface area contributed by atoms with Crippen LogP contribution in [0, 0.1) is 11.3 Å². The van der Waals surface area contributed by atoms with Crippen molar-refractivity contribution in [1.29, 1.82) is 0 Å². The summed E-state index contributed by atoms with van der Waals surface area (Å²) < 4.78 is 19.6. The molecule has 10 heteroatoms. The Hall–Kier alpha value is -2.72. The van der Waals surface area contributed by atoms with Gasteiger partial charge in [-0.05, 0) is 27.2 Å². The van der Waals surface area contributed by atoms with Gasteiger partial charge in [0, 0.05) is 11.1 Å². The van der Waals surface area contributed by atoms with Crippen LogP contribution in [0.5, 0.6) is 0 Å². The summed E-state index contributed by atoms with van der Waals surface area (Å²) in [6.07, 6.45) is -2.53. The molecule has 2 N–H and O–H groups in total. The highest BCUT2D eigenvalue weighted by Gasteiger charge is 2.33. The summed E-state index contributed by atoms with van der Waals surface area (Å²) in [6.45, 7) is 13.3. The molecule has 0 spiro atoms. The molecule has 0 radical (unpaired) electrons. The summed E-state index contributed by atoms with van der Waals surface area (Å²) in [5.41, 5.74) is -1.04. The second kappa shape index (κ2) is 13.6. The first-order valence-corrected chi connectivity index (χ1v) is 10.0. The van der Waals surface area contributed by atoms with Crippen molar-refractivity contribution in [1.82, 2.24) is 0 Å². The van der Waals surface area contributed by atoms with E-state index in [9.17, 15) is 29.4 Å². The summed E-state index contributed by atoms with van der Waals surface area (Å²) in [7, 11) is 0. The lowest BCUT2D eigenvalue weighted by atomic mass is 9.86. The van der Waals surface area contributed by atoms with E-state index in [-0.39, 0.29) is 43.3 Å². The average Bonchev–Trinajstić information content (AvgIpc) is 2.71.